The van der Waals surface area contributed by atoms with E-state index in [0.717, 1.165) is 18.3 Å². The lowest BCUT2D eigenvalue weighted by Gasteiger charge is -2.09. The van der Waals surface area contributed by atoms with Gasteiger partial charge >= 0.3 is 6.36 Å². The first-order valence-electron chi connectivity index (χ1n) is 4.84. The number of H-pyrrole nitrogens is 1. The highest BCUT2D eigenvalue weighted by Gasteiger charge is 2.30. The average molecular weight is 256 g/mol. The second-order valence-electron chi connectivity index (χ2n) is 3.38. The van der Waals surface area contributed by atoms with Crippen LogP contribution in [0.15, 0.2) is 41.5 Å². The Morgan fingerprint density at radius 2 is 1.78 bits per heavy atom. The molecular formula is C11H7F3N2O2. The van der Waals surface area contributed by atoms with Gasteiger partial charge in [0.2, 0.25) is 0 Å². The summed E-state index contributed by atoms with van der Waals surface area (Å²) in [6, 6.07) is 5.12. The molecule has 0 radical (unpaired) electrons. The van der Waals surface area contributed by atoms with Crippen LogP contribution in [0.5, 0.6) is 5.75 Å². The molecule has 0 unspecified atom stereocenters. The third-order valence-electron chi connectivity index (χ3n) is 2.05. The molecule has 1 aromatic heterocycles. The van der Waals surface area contributed by atoms with Crippen molar-refractivity contribution in [2.24, 2.45) is 0 Å². The van der Waals surface area contributed by atoms with Gasteiger partial charge in [0, 0.05) is 0 Å². The second-order valence-corrected chi connectivity index (χ2v) is 3.38. The zero-order chi connectivity index (χ0) is 13.2. The zero-order valence-corrected chi connectivity index (χ0v) is 8.86. The van der Waals surface area contributed by atoms with Crippen molar-refractivity contribution in [2.45, 2.75) is 6.36 Å². The van der Waals surface area contributed by atoms with Crippen molar-refractivity contribution in [1.82, 2.24) is 9.97 Å². The molecule has 0 bridgehead atoms. The lowest BCUT2D eigenvalue weighted by Crippen LogP contribution is -2.16. The fourth-order valence-corrected chi connectivity index (χ4v) is 1.36. The number of benzene rings is 1. The summed E-state index contributed by atoms with van der Waals surface area (Å²) in [6.45, 7) is 0. The number of nitrogens with zero attached hydrogens (tertiary/aromatic N) is 1. The SMILES string of the molecule is O=c1cncc(-c2ccc(OC(F)(F)F)cc2)[nH]1. The van der Waals surface area contributed by atoms with E-state index in [1.165, 1.54) is 18.3 Å². The number of halogens is 3. The Bertz CT molecular complexity index is 590. The van der Waals surface area contributed by atoms with Crippen LogP contribution in [-0.2, 0) is 0 Å². The summed E-state index contributed by atoms with van der Waals surface area (Å²) < 4.78 is 39.5. The van der Waals surface area contributed by atoms with Gasteiger partial charge in [-0.15, -0.1) is 13.2 Å². The van der Waals surface area contributed by atoms with Crippen LogP contribution in [0.4, 0.5) is 13.2 Å². The predicted octanol–water partition coefficient (Wildman–Crippen LogP) is 2.34. The molecule has 1 heterocycles. The van der Waals surface area contributed by atoms with Crippen LogP contribution in [0.2, 0.25) is 0 Å². The molecule has 0 aliphatic rings. The topological polar surface area (TPSA) is 55.0 Å². The van der Waals surface area contributed by atoms with Crippen molar-refractivity contribution in [3.63, 3.8) is 0 Å². The Balaban J connectivity index is 2.25. The molecule has 1 aromatic carbocycles. The standard InChI is InChI=1S/C11H7F3N2O2/c12-11(13,14)18-8-3-1-7(2-4-8)9-5-15-6-10(17)16-9/h1-6H,(H,16,17). The van der Waals surface area contributed by atoms with Gasteiger partial charge in [-0.2, -0.15) is 0 Å². The Kier molecular flexibility index (Phi) is 3.05. The van der Waals surface area contributed by atoms with Crippen molar-refractivity contribution >= 4 is 0 Å². The molecule has 1 N–H and O–H groups in total. The molecule has 0 saturated heterocycles. The normalized spacial score (nSPS) is 11.3. The molecule has 94 valence electrons. The zero-order valence-electron chi connectivity index (χ0n) is 8.86. The van der Waals surface area contributed by atoms with Crippen LogP contribution in [0.1, 0.15) is 0 Å². The number of rotatable bonds is 2. The smallest absolute Gasteiger partial charge is 0.406 e. The maximum Gasteiger partial charge on any atom is 0.573 e. The van der Waals surface area contributed by atoms with E-state index < -0.39 is 6.36 Å². The molecule has 0 aliphatic heterocycles. The molecule has 0 amide bonds. The first kappa shape index (κ1) is 12.2. The minimum absolute atomic E-state index is 0.322. The van der Waals surface area contributed by atoms with Gasteiger partial charge < -0.3 is 9.72 Å². The molecule has 0 saturated carbocycles. The lowest BCUT2D eigenvalue weighted by atomic mass is 10.1. The molecule has 0 aliphatic carbocycles. The molecule has 7 heteroatoms. The first-order chi connectivity index (χ1) is 8.44. The summed E-state index contributed by atoms with van der Waals surface area (Å²) in [5, 5.41) is 0. The van der Waals surface area contributed by atoms with E-state index in [-0.39, 0.29) is 11.3 Å². The summed E-state index contributed by atoms with van der Waals surface area (Å²) in [5.74, 6) is -0.322. The molecule has 0 atom stereocenters. The number of aromatic nitrogens is 2. The number of alkyl halides is 3. The van der Waals surface area contributed by atoms with Gasteiger partial charge in [0.15, 0.2) is 0 Å². The van der Waals surface area contributed by atoms with E-state index in [2.05, 4.69) is 14.7 Å². The highest BCUT2D eigenvalue weighted by Crippen LogP contribution is 2.25. The molecular weight excluding hydrogens is 249 g/mol. The summed E-state index contributed by atoms with van der Waals surface area (Å²) in [4.78, 5) is 17.2. The van der Waals surface area contributed by atoms with E-state index >= 15 is 0 Å². The minimum atomic E-state index is -4.72. The molecule has 0 fully saturated rings. The number of hydrogen-bond donors (Lipinski definition) is 1. The van der Waals surface area contributed by atoms with Crippen molar-refractivity contribution < 1.29 is 17.9 Å². The van der Waals surface area contributed by atoms with Crippen LogP contribution in [0.3, 0.4) is 0 Å². The van der Waals surface area contributed by atoms with Crippen molar-refractivity contribution in [3.8, 4) is 17.0 Å². The Labute approximate surface area is 99.1 Å². The fourth-order valence-electron chi connectivity index (χ4n) is 1.36. The third-order valence-corrected chi connectivity index (χ3v) is 2.05. The predicted molar refractivity (Wildman–Crippen MR) is 57.0 cm³/mol. The highest BCUT2D eigenvalue weighted by molar-refractivity contribution is 5.58. The van der Waals surface area contributed by atoms with Gasteiger partial charge in [0.1, 0.15) is 5.75 Å². The quantitative estimate of drug-likeness (QED) is 0.897. The van der Waals surface area contributed by atoms with Crippen molar-refractivity contribution in [3.05, 3.63) is 47.0 Å². The van der Waals surface area contributed by atoms with Crippen LogP contribution < -0.4 is 10.3 Å². The van der Waals surface area contributed by atoms with Gasteiger partial charge in [-0.3, -0.25) is 9.78 Å². The minimum Gasteiger partial charge on any atom is -0.406 e. The van der Waals surface area contributed by atoms with Crippen LogP contribution in [0.25, 0.3) is 11.3 Å². The number of aromatic amines is 1. The van der Waals surface area contributed by atoms with Crippen LogP contribution >= 0.6 is 0 Å². The summed E-state index contributed by atoms with van der Waals surface area (Å²) >= 11 is 0. The summed E-state index contributed by atoms with van der Waals surface area (Å²) in [5.41, 5.74) is 0.568. The number of hydrogen-bond acceptors (Lipinski definition) is 3. The Hall–Kier alpha value is -2.31. The van der Waals surface area contributed by atoms with Crippen LogP contribution in [-0.4, -0.2) is 16.3 Å². The molecule has 18 heavy (non-hydrogen) atoms. The molecule has 2 rings (SSSR count). The summed E-state index contributed by atoms with van der Waals surface area (Å²) in [6.07, 6.45) is -2.21. The van der Waals surface area contributed by atoms with Gasteiger partial charge in [0.05, 0.1) is 18.1 Å². The van der Waals surface area contributed by atoms with Gasteiger partial charge in [-0.25, -0.2) is 0 Å². The largest absolute Gasteiger partial charge is 0.573 e. The van der Waals surface area contributed by atoms with E-state index in [0.29, 0.717) is 11.3 Å². The maximum absolute atomic E-state index is 11.9. The van der Waals surface area contributed by atoms with E-state index in [1.54, 1.807) is 0 Å². The number of ether oxygens (including phenoxy) is 1. The van der Waals surface area contributed by atoms with Crippen molar-refractivity contribution in [1.29, 1.82) is 0 Å². The van der Waals surface area contributed by atoms with Gasteiger partial charge in [0.25, 0.3) is 5.56 Å². The average Bonchev–Trinajstić information content (AvgIpc) is 2.28. The van der Waals surface area contributed by atoms with E-state index in [4.69, 9.17) is 0 Å². The monoisotopic (exact) mass is 256 g/mol. The highest BCUT2D eigenvalue weighted by atomic mass is 19.4. The van der Waals surface area contributed by atoms with E-state index in [1.807, 2.05) is 0 Å². The second kappa shape index (κ2) is 4.52. The maximum atomic E-state index is 11.9. The fraction of sp³-hybridized carbons (Fsp3) is 0.0909. The third kappa shape index (κ3) is 3.09. The molecule has 0 spiro atoms. The van der Waals surface area contributed by atoms with Crippen LogP contribution in [0, 0.1) is 0 Å². The summed E-state index contributed by atoms with van der Waals surface area (Å²) in [7, 11) is 0. The molecule has 4 nitrogen and oxygen atoms in total. The number of nitrogens with one attached hydrogen (secondary N) is 1. The van der Waals surface area contributed by atoms with E-state index in [9.17, 15) is 18.0 Å². The van der Waals surface area contributed by atoms with Crippen molar-refractivity contribution in [2.75, 3.05) is 0 Å². The first-order valence-corrected chi connectivity index (χ1v) is 4.84. The van der Waals surface area contributed by atoms with Gasteiger partial charge in [-0.1, -0.05) is 0 Å². The lowest BCUT2D eigenvalue weighted by molar-refractivity contribution is -0.274. The Morgan fingerprint density at radius 3 is 2.33 bits per heavy atom. The van der Waals surface area contributed by atoms with Gasteiger partial charge in [-0.05, 0) is 29.8 Å². The molecule has 2 aromatic rings. The Morgan fingerprint density at radius 1 is 1.11 bits per heavy atom.